The van der Waals surface area contributed by atoms with E-state index in [4.69, 9.17) is 4.74 Å². The van der Waals surface area contributed by atoms with Crippen LogP contribution in [0, 0.1) is 6.92 Å². The number of rotatable bonds is 6. The first-order chi connectivity index (χ1) is 13.5. The van der Waals surface area contributed by atoms with Gasteiger partial charge in [-0.25, -0.2) is 4.99 Å². The molecule has 1 N–H and O–H groups in total. The van der Waals surface area contributed by atoms with Gasteiger partial charge in [0, 0.05) is 19.2 Å². The van der Waals surface area contributed by atoms with Crippen LogP contribution in [0.2, 0.25) is 0 Å². The second-order valence-electron chi connectivity index (χ2n) is 6.39. The van der Waals surface area contributed by atoms with Crippen LogP contribution >= 0.6 is 11.8 Å². The number of aliphatic imine (C=N–C) groups is 1. The van der Waals surface area contributed by atoms with E-state index in [0.29, 0.717) is 17.5 Å². The number of nitrogens with zero attached hydrogens (tertiary/aromatic N) is 2. The largest absolute Gasteiger partial charge is 0.494 e. The summed E-state index contributed by atoms with van der Waals surface area (Å²) < 4.78 is 5.39. The highest BCUT2D eigenvalue weighted by Gasteiger charge is 2.37. The second kappa shape index (κ2) is 8.93. The minimum atomic E-state index is -0.476. The van der Waals surface area contributed by atoms with Crippen molar-refractivity contribution in [3.8, 4) is 5.75 Å². The van der Waals surface area contributed by atoms with Crippen LogP contribution in [0.4, 0.5) is 11.4 Å². The number of ether oxygens (including phenoxy) is 1. The molecule has 7 heteroatoms. The lowest BCUT2D eigenvalue weighted by atomic mass is 10.2. The third-order valence-corrected chi connectivity index (χ3v) is 5.52. The van der Waals surface area contributed by atoms with E-state index in [1.807, 2.05) is 38.1 Å². The molecule has 2 amide bonds. The Morgan fingerprint density at radius 2 is 1.93 bits per heavy atom. The number of hydrogen-bond donors (Lipinski definition) is 1. The molecule has 0 radical (unpaired) electrons. The van der Waals surface area contributed by atoms with Gasteiger partial charge in [0.2, 0.25) is 11.8 Å². The third kappa shape index (κ3) is 4.72. The molecule has 1 aliphatic rings. The summed E-state index contributed by atoms with van der Waals surface area (Å²) in [5.41, 5.74) is 2.53. The Kier molecular flexibility index (Phi) is 6.36. The van der Waals surface area contributed by atoms with E-state index in [0.717, 1.165) is 17.0 Å². The zero-order chi connectivity index (χ0) is 20.1. The van der Waals surface area contributed by atoms with E-state index >= 15 is 0 Å². The maximum absolute atomic E-state index is 12.5. The lowest BCUT2D eigenvalue weighted by molar-refractivity contribution is -0.127. The topological polar surface area (TPSA) is 71.0 Å². The number of nitrogens with one attached hydrogen (secondary N) is 1. The minimum Gasteiger partial charge on any atom is -0.494 e. The van der Waals surface area contributed by atoms with Gasteiger partial charge >= 0.3 is 0 Å². The number of carbonyl (C=O) groups excluding carboxylic acids is 2. The van der Waals surface area contributed by atoms with Crippen molar-refractivity contribution in [2.24, 2.45) is 4.99 Å². The summed E-state index contributed by atoms with van der Waals surface area (Å²) in [5.74, 6) is 0.431. The quantitative estimate of drug-likeness (QED) is 0.800. The zero-order valence-corrected chi connectivity index (χ0v) is 17.0. The molecule has 146 valence electrons. The number of amidine groups is 1. The smallest absolute Gasteiger partial charge is 0.242 e. The Morgan fingerprint density at radius 1 is 1.21 bits per heavy atom. The molecular weight excluding hydrogens is 374 g/mol. The van der Waals surface area contributed by atoms with Crippen molar-refractivity contribution in [3.05, 3.63) is 54.1 Å². The fourth-order valence-corrected chi connectivity index (χ4v) is 3.92. The first kappa shape index (κ1) is 19.9. The van der Waals surface area contributed by atoms with Crippen LogP contribution < -0.4 is 10.1 Å². The summed E-state index contributed by atoms with van der Waals surface area (Å²) >= 11 is 1.32. The number of thioether (sulfide) groups is 1. The van der Waals surface area contributed by atoms with Crippen LogP contribution in [0.5, 0.6) is 5.75 Å². The van der Waals surface area contributed by atoms with Crippen molar-refractivity contribution in [1.82, 2.24) is 4.90 Å². The maximum atomic E-state index is 12.5. The summed E-state index contributed by atoms with van der Waals surface area (Å²) in [6.45, 7) is 4.48. The van der Waals surface area contributed by atoms with Crippen LogP contribution in [0.15, 0.2) is 53.5 Å². The number of carbonyl (C=O) groups is 2. The molecule has 28 heavy (non-hydrogen) atoms. The van der Waals surface area contributed by atoms with E-state index < -0.39 is 5.25 Å². The van der Waals surface area contributed by atoms with Crippen LogP contribution in [0.25, 0.3) is 0 Å². The number of benzene rings is 2. The molecule has 6 nitrogen and oxygen atoms in total. The summed E-state index contributed by atoms with van der Waals surface area (Å²) in [5, 5.41) is 2.96. The average Bonchev–Trinajstić information content (AvgIpc) is 2.93. The predicted octanol–water partition coefficient (Wildman–Crippen LogP) is 3.98. The molecule has 1 saturated heterocycles. The van der Waals surface area contributed by atoms with Gasteiger partial charge in [0.05, 0.1) is 12.3 Å². The molecule has 1 heterocycles. The van der Waals surface area contributed by atoms with E-state index in [2.05, 4.69) is 10.3 Å². The van der Waals surface area contributed by atoms with Crippen LogP contribution in [-0.4, -0.2) is 40.8 Å². The minimum absolute atomic E-state index is 0.0911. The van der Waals surface area contributed by atoms with Crippen LogP contribution in [-0.2, 0) is 9.59 Å². The van der Waals surface area contributed by atoms with Crippen molar-refractivity contribution in [3.63, 3.8) is 0 Å². The van der Waals surface area contributed by atoms with E-state index in [-0.39, 0.29) is 18.2 Å². The van der Waals surface area contributed by atoms with E-state index in [9.17, 15) is 9.59 Å². The Morgan fingerprint density at radius 3 is 2.61 bits per heavy atom. The maximum Gasteiger partial charge on any atom is 0.242 e. The second-order valence-corrected chi connectivity index (χ2v) is 7.56. The molecule has 0 aromatic heterocycles. The zero-order valence-electron chi connectivity index (χ0n) is 16.1. The molecule has 1 atom stereocenters. The van der Waals surface area contributed by atoms with Gasteiger partial charge in [0.15, 0.2) is 5.17 Å². The molecule has 0 bridgehead atoms. The third-order valence-electron chi connectivity index (χ3n) is 4.29. The summed E-state index contributed by atoms with van der Waals surface area (Å²) in [6.07, 6.45) is 0.0911. The van der Waals surface area contributed by atoms with Gasteiger partial charge in [-0.2, -0.15) is 0 Å². The van der Waals surface area contributed by atoms with Gasteiger partial charge in [-0.1, -0.05) is 30.0 Å². The predicted molar refractivity (Wildman–Crippen MR) is 113 cm³/mol. The lowest BCUT2D eigenvalue weighted by Crippen LogP contribution is -2.30. The molecule has 3 rings (SSSR count). The van der Waals surface area contributed by atoms with Crippen molar-refractivity contribution in [1.29, 1.82) is 0 Å². The molecule has 0 saturated carbocycles. The van der Waals surface area contributed by atoms with Gasteiger partial charge in [0.25, 0.3) is 0 Å². The summed E-state index contributed by atoms with van der Waals surface area (Å²) in [7, 11) is 1.69. The number of para-hydroxylation sites is 1. The lowest BCUT2D eigenvalue weighted by Gasteiger charge is -2.10. The number of aryl methyl sites for hydroxylation is 1. The molecule has 0 aliphatic carbocycles. The van der Waals surface area contributed by atoms with Gasteiger partial charge < -0.3 is 10.1 Å². The van der Waals surface area contributed by atoms with Crippen molar-refractivity contribution in [2.45, 2.75) is 25.5 Å². The number of hydrogen-bond acceptors (Lipinski definition) is 5. The molecule has 0 spiro atoms. The Labute approximate surface area is 169 Å². The number of amides is 2. The van der Waals surface area contributed by atoms with Gasteiger partial charge in [-0.05, 0) is 49.7 Å². The molecule has 1 fully saturated rings. The van der Waals surface area contributed by atoms with Crippen LogP contribution in [0.3, 0.4) is 0 Å². The van der Waals surface area contributed by atoms with Crippen molar-refractivity contribution >= 4 is 40.1 Å². The fraction of sp³-hybridized carbons (Fsp3) is 0.286. The van der Waals surface area contributed by atoms with E-state index in [1.165, 1.54) is 16.7 Å². The first-order valence-electron chi connectivity index (χ1n) is 9.09. The van der Waals surface area contributed by atoms with Crippen molar-refractivity contribution < 1.29 is 14.3 Å². The molecule has 2 aromatic rings. The summed E-state index contributed by atoms with van der Waals surface area (Å²) in [4.78, 5) is 31.0. The Balaban J connectivity index is 1.63. The number of anilines is 1. The molecular formula is C21H23N3O3S. The standard InChI is InChI=1S/C21H23N3O3S/c1-4-27-16-11-9-15(10-12-16)22-19(25)13-18-20(26)24(3)21(28-18)23-17-8-6-5-7-14(17)2/h5-12,18H,4,13H2,1-3H3,(H,22,25). The van der Waals surface area contributed by atoms with Gasteiger partial charge in [-0.3, -0.25) is 14.5 Å². The molecule has 2 aromatic carbocycles. The molecule has 1 aliphatic heterocycles. The highest BCUT2D eigenvalue weighted by atomic mass is 32.2. The average molecular weight is 398 g/mol. The summed E-state index contributed by atoms with van der Waals surface area (Å²) in [6, 6.07) is 14.9. The van der Waals surface area contributed by atoms with E-state index in [1.54, 1.807) is 31.3 Å². The highest BCUT2D eigenvalue weighted by Crippen LogP contribution is 2.31. The monoisotopic (exact) mass is 397 g/mol. The SMILES string of the molecule is CCOc1ccc(NC(=O)CC2SC(=Nc3ccccc3C)N(C)C2=O)cc1. The van der Waals surface area contributed by atoms with Crippen LogP contribution in [0.1, 0.15) is 18.9 Å². The first-order valence-corrected chi connectivity index (χ1v) is 9.97. The Bertz CT molecular complexity index is 896. The normalized spacial score (nSPS) is 17.8. The Hall–Kier alpha value is -2.80. The highest BCUT2D eigenvalue weighted by molar-refractivity contribution is 8.15. The molecule has 1 unspecified atom stereocenters. The van der Waals surface area contributed by atoms with Gasteiger partial charge in [-0.15, -0.1) is 0 Å². The van der Waals surface area contributed by atoms with Gasteiger partial charge in [0.1, 0.15) is 11.0 Å². The fourth-order valence-electron chi connectivity index (χ4n) is 2.77. The van der Waals surface area contributed by atoms with Crippen molar-refractivity contribution in [2.75, 3.05) is 19.0 Å².